The Morgan fingerprint density at radius 3 is 2.14 bits per heavy atom. The molecule has 6 heteroatoms. The standard InChI is InChI=1S/C30H29F5O/c1-3-5-18-6-11-22(36-17-18)12-9-20-10-13-24(29(34)27(20)32)25-15-14-23(28(33)30(25)35)21-8-7-19(4-2)26(31)16-21/h4,7-8,10,13-16,18,22H,2-3,5-6,9,11-12,17H2,1H3. The first-order valence-electron chi connectivity index (χ1n) is 12.3. The van der Waals surface area contributed by atoms with Crippen molar-refractivity contribution in [2.75, 3.05) is 6.61 Å². The molecule has 1 aliphatic rings. The second-order valence-electron chi connectivity index (χ2n) is 9.36. The molecule has 0 spiro atoms. The highest BCUT2D eigenvalue weighted by atomic mass is 19.2. The summed E-state index contributed by atoms with van der Waals surface area (Å²) in [5.41, 5.74) is -0.440. The minimum absolute atomic E-state index is 0.00436. The van der Waals surface area contributed by atoms with Gasteiger partial charge in [-0.3, -0.25) is 0 Å². The topological polar surface area (TPSA) is 9.23 Å². The van der Waals surface area contributed by atoms with Crippen LogP contribution in [0.15, 0.2) is 49.0 Å². The average molecular weight is 501 g/mol. The number of rotatable bonds is 8. The third-order valence-electron chi connectivity index (χ3n) is 6.96. The number of halogens is 5. The predicted octanol–water partition coefficient (Wildman–Crippen LogP) is 8.89. The zero-order valence-corrected chi connectivity index (χ0v) is 20.2. The summed E-state index contributed by atoms with van der Waals surface area (Å²) in [6.07, 6.45) is 6.37. The highest BCUT2D eigenvalue weighted by Crippen LogP contribution is 2.35. The molecule has 2 unspecified atom stereocenters. The Bertz CT molecular complexity index is 1240. The molecule has 190 valence electrons. The molecule has 3 aromatic carbocycles. The van der Waals surface area contributed by atoms with Crippen LogP contribution in [0.3, 0.4) is 0 Å². The summed E-state index contributed by atoms with van der Waals surface area (Å²) in [5, 5.41) is 0. The van der Waals surface area contributed by atoms with Crippen LogP contribution in [0.1, 0.15) is 50.2 Å². The predicted molar refractivity (Wildman–Crippen MR) is 133 cm³/mol. The van der Waals surface area contributed by atoms with Gasteiger partial charge >= 0.3 is 0 Å². The van der Waals surface area contributed by atoms with Crippen molar-refractivity contribution in [3.63, 3.8) is 0 Å². The molecule has 1 fully saturated rings. The van der Waals surface area contributed by atoms with E-state index in [0.717, 1.165) is 31.7 Å². The van der Waals surface area contributed by atoms with E-state index in [0.29, 0.717) is 18.9 Å². The lowest BCUT2D eigenvalue weighted by atomic mass is 9.92. The highest BCUT2D eigenvalue weighted by molar-refractivity contribution is 5.73. The van der Waals surface area contributed by atoms with E-state index in [2.05, 4.69) is 13.5 Å². The van der Waals surface area contributed by atoms with Crippen LogP contribution >= 0.6 is 0 Å². The summed E-state index contributed by atoms with van der Waals surface area (Å²) < 4.78 is 79.7. The van der Waals surface area contributed by atoms with E-state index in [4.69, 9.17) is 4.74 Å². The SMILES string of the molecule is C=Cc1ccc(-c2ccc(-c3ccc(CCC4CCC(CCC)CO4)c(F)c3F)c(F)c2F)cc1F. The minimum atomic E-state index is -1.33. The van der Waals surface area contributed by atoms with E-state index >= 15 is 0 Å². The molecule has 1 nitrogen and oxygen atoms in total. The van der Waals surface area contributed by atoms with E-state index in [-0.39, 0.29) is 40.3 Å². The molecule has 1 heterocycles. The van der Waals surface area contributed by atoms with Gasteiger partial charge in [0, 0.05) is 28.9 Å². The molecule has 0 aliphatic carbocycles. The minimum Gasteiger partial charge on any atom is -0.378 e. The van der Waals surface area contributed by atoms with Gasteiger partial charge in [-0.15, -0.1) is 0 Å². The Kier molecular flexibility index (Phi) is 8.24. The van der Waals surface area contributed by atoms with Gasteiger partial charge in [0.15, 0.2) is 23.3 Å². The van der Waals surface area contributed by atoms with Gasteiger partial charge in [0.1, 0.15) is 5.82 Å². The molecule has 1 aliphatic heterocycles. The lowest BCUT2D eigenvalue weighted by Gasteiger charge is -2.29. The summed E-state index contributed by atoms with van der Waals surface area (Å²) in [5.74, 6) is -4.96. The Morgan fingerprint density at radius 1 is 0.833 bits per heavy atom. The summed E-state index contributed by atoms with van der Waals surface area (Å²) in [4.78, 5) is 0. The molecule has 3 aromatic rings. The number of hydrogen-bond donors (Lipinski definition) is 0. The third kappa shape index (κ3) is 5.39. The number of ether oxygens (including phenoxy) is 1. The molecule has 2 atom stereocenters. The monoisotopic (exact) mass is 500 g/mol. The van der Waals surface area contributed by atoms with Gasteiger partial charge in [-0.05, 0) is 55.2 Å². The van der Waals surface area contributed by atoms with Crippen molar-refractivity contribution >= 4 is 6.08 Å². The van der Waals surface area contributed by atoms with Gasteiger partial charge < -0.3 is 4.74 Å². The van der Waals surface area contributed by atoms with Crippen molar-refractivity contribution in [2.24, 2.45) is 5.92 Å². The lowest BCUT2D eigenvalue weighted by molar-refractivity contribution is -0.0216. The van der Waals surface area contributed by atoms with Crippen LogP contribution in [-0.4, -0.2) is 12.7 Å². The molecule has 1 saturated heterocycles. The summed E-state index contributed by atoms with van der Waals surface area (Å²) >= 11 is 0. The fourth-order valence-corrected chi connectivity index (χ4v) is 4.87. The van der Waals surface area contributed by atoms with Gasteiger partial charge in [-0.2, -0.15) is 0 Å². The number of benzene rings is 3. The van der Waals surface area contributed by atoms with Gasteiger partial charge in [0.05, 0.1) is 6.10 Å². The molecule has 0 N–H and O–H groups in total. The molecule has 0 radical (unpaired) electrons. The van der Waals surface area contributed by atoms with Crippen LogP contribution in [0, 0.1) is 35.0 Å². The normalized spacial score (nSPS) is 17.8. The van der Waals surface area contributed by atoms with Crippen LogP contribution < -0.4 is 0 Å². The summed E-state index contributed by atoms with van der Waals surface area (Å²) in [6, 6.07) is 8.99. The lowest BCUT2D eigenvalue weighted by Crippen LogP contribution is -2.26. The molecule has 36 heavy (non-hydrogen) atoms. The van der Waals surface area contributed by atoms with Crippen molar-refractivity contribution in [2.45, 2.75) is 51.6 Å². The first kappa shape index (κ1) is 26.1. The molecule has 0 bridgehead atoms. The van der Waals surface area contributed by atoms with Gasteiger partial charge in [0.2, 0.25) is 0 Å². The van der Waals surface area contributed by atoms with Gasteiger partial charge in [-0.25, -0.2) is 22.0 Å². The molecule has 0 saturated carbocycles. The maximum absolute atomic E-state index is 15.0. The quantitative estimate of drug-likeness (QED) is 0.281. The Hall–Kier alpha value is -2.99. The molecule has 4 rings (SSSR count). The maximum Gasteiger partial charge on any atom is 0.167 e. The van der Waals surface area contributed by atoms with Crippen LogP contribution in [-0.2, 0) is 11.2 Å². The fourth-order valence-electron chi connectivity index (χ4n) is 4.87. The van der Waals surface area contributed by atoms with Crippen LogP contribution in [0.5, 0.6) is 0 Å². The molecule has 0 aromatic heterocycles. The van der Waals surface area contributed by atoms with Crippen LogP contribution in [0.4, 0.5) is 22.0 Å². The first-order valence-corrected chi connectivity index (χ1v) is 12.3. The summed E-state index contributed by atoms with van der Waals surface area (Å²) in [7, 11) is 0. The van der Waals surface area contributed by atoms with Gasteiger partial charge in [-0.1, -0.05) is 62.4 Å². The van der Waals surface area contributed by atoms with Crippen molar-refractivity contribution in [3.05, 3.63) is 89.3 Å². The van der Waals surface area contributed by atoms with E-state index in [1.54, 1.807) is 0 Å². The molecule has 0 amide bonds. The van der Waals surface area contributed by atoms with Crippen LogP contribution in [0.2, 0.25) is 0 Å². The Labute approximate surface area is 208 Å². The van der Waals surface area contributed by atoms with Crippen LogP contribution in [0.25, 0.3) is 28.3 Å². The third-order valence-corrected chi connectivity index (χ3v) is 6.96. The second-order valence-corrected chi connectivity index (χ2v) is 9.36. The smallest absolute Gasteiger partial charge is 0.167 e. The number of hydrogen-bond acceptors (Lipinski definition) is 1. The van der Waals surface area contributed by atoms with Crippen molar-refractivity contribution in [1.29, 1.82) is 0 Å². The van der Waals surface area contributed by atoms with Crippen molar-refractivity contribution in [3.8, 4) is 22.3 Å². The van der Waals surface area contributed by atoms with Crippen molar-refractivity contribution < 1.29 is 26.7 Å². The number of aryl methyl sites for hydroxylation is 1. The van der Waals surface area contributed by atoms with E-state index in [1.165, 1.54) is 42.5 Å². The van der Waals surface area contributed by atoms with E-state index in [1.807, 2.05) is 0 Å². The van der Waals surface area contributed by atoms with Gasteiger partial charge in [0.25, 0.3) is 0 Å². The average Bonchev–Trinajstić information content (AvgIpc) is 2.88. The van der Waals surface area contributed by atoms with E-state index < -0.39 is 34.6 Å². The largest absolute Gasteiger partial charge is 0.378 e. The Balaban J connectivity index is 1.53. The zero-order valence-electron chi connectivity index (χ0n) is 20.2. The second kappa shape index (κ2) is 11.4. The zero-order chi connectivity index (χ0) is 25.8. The fraction of sp³-hybridized carbons (Fsp3) is 0.333. The highest BCUT2D eigenvalue weighted by Gasteiger charge is 2.24. The first-order chi connectivity index (χ1) is 17.3. The summed E-state index contributed by atoms with van der Waals surface area (Å²) in [6.45, 7) is 6.33. The Morgan fingerprint density at radius 2 is 1.50 bits per heavy atom. The maximum atomic E-state index is 15.0. The molecular formula is C30H29F5O. The van der Waals surface area contributed by atoms with Crippen molar-refractivity contribution in [1.82, 2.24) is 0 Å². The molecular weight excluding hydrogens is 471 g/mol. The van der Waals surface area contributed by atoms with E-state index in [9.17, 15) is 22.0 Å².